The molecule has 0 saturated carbocycles. The van der Waals surface area contributed by atoms with Crippen molar-refractivity contribution >= 4 is 17.6 Å². The lowest BCUT2D eigenvalue weighted by Gasteiger charge is -2.04. The molecule has 0 bridgehead atoms. The van der Waals surface area contributed by atoms with Gasteiger partial charge in [0.2, 0.25) is 11.7 Å². The molecule has 0 spiro atoms. The molecule has 6 nitrogen and oxygen atoms in total. The van der Waals surface area contributed by atoms with Crippen LogP contribution in [0.25, 0.3) is 11.4 Å². The smallest absolute Gasteiger partial charge is 0.306 e. The van der Waals surface area contributed by atoms with E-state index in [2.05, 4.69) is 15.1 Å². The lowest BCUT2D eigenvalue weighted by atomic mass is 10.2. The Kier molecular flexibility index (Phi) is 5.74. The lowest BCUT2D eigenvalue weighted by Crippen LogP contribution is -2.05. The molecule has 0 aliphatic rings. The number of nitrogens with zero attached hydrogens (tertiary/aromatic N) is 3. The molecule has 3 rings (SSSR count). The van der Waals surface area contributed by atoms with Crippen LogP contribution in [-0.4, -0.2) is 21.1 Å². The Labute approximate surface area is 149 Å². The summed E-state index contributed by atoms with van der Waals surface area (Å²) < 4.78 is 10.4. The minimum absolute atomic E-state index is 0.182. The molecule has 0 unspecified atom stereocenters. The van der Waals surface area contributed by atoms with Crippen molar-refractivity contribution in [3.8, 4) is 11.4 Å². The first-order chi connectivity index (χ1) is 12.2. The number of halogens is 1. The standard InChI is InChI=1S/C18H16ClN3O3/c19-15-10-9-13(11-20-15)12-24-17(23)8-4-7-16-21-18(22-25-16)14-5-2-1-3-6-14/h1-3,5-6,9-11H,4,7-8,12H2. The second-order valence-electron chi connectivity index (χ2n) is 5.38. The number of ether oxygens (including phenoxy) is 1. The zero-order chi connectivity index (χ0) is 17.5. The number of aryl methyl sites for hydroxylation is 1. The van der Waals surface area contributed by atoms with Crippen molar-refractivity contribution in [1.82, 2.24) is 15.1 Å². The second-order valence-corrected chi connectivity index (χ2v) is 5.77. The number of pyridine rings is 1. The normalized spacial score (nSPS) is 10.6. The molecule has 0 fully saturated rings. The zero-order valence-corrected chi connectivity index (χ0v) is 14.1. The number of rotatable bonds is 7. The highest BCUT2D eigenvalue weighted by Gasteiger charge is 2.10. The van der Waals surface area contributed by atoms with E-state index in [4.69, 9.17) is 20.9 Å². The molecule has 128 valence electrons. The summed E-state index contributed by atoms with van der Waals surface area (Å²) in [6, 6.07) is 13.0. The Balaban J connectivity index is 1.41. The molecule has 2 aromatic heterocycles. The maximum absolute atomic E-state index is 11.8. The Morgan fingerprint density at radius 1 is 1.16 bits per heavy atom. The zero-order valence-electron chi connectivity index (χ0n) is 13.4. The van der Waals surface area contributed by atoms with E-state index in [1.54, 1.807) is 18.3 Å². The van der Waals surface area contributed by atoms with Crippen LogP contribution in [0.15, 0.2) is 53.2 Å². The van der Waals surface area contributed by atoms with Crippen molar-refractivity contribution in [3.63, 3.8) is 0 Å². The van der Waals surface area contributed by atoms with Crippen molar-refractivity contribution in [1.29, 1.82) is 0 Å². The number of carbonyl (C=O) groups is 1. The van der Waals surface area contributed by atoms with Gasteiger partial charge < -0.3 is 9.26 Å². The fourth-order valence-corrected chi connectivity index (χ4v) is 2.28. The SMILES string of the molecule is O=C(CCCc1nc(-c2ccccc2)no1)OCc1ccc(Cl)nc1. The average Bonchev–Trinajstić information content (AvgIpc) is 3.11. The van der Waals surface area contributed by atoms with Crippen LogP contribution in [0, 0.1) is 0 Å². The molecule has 1 aromatic carbocycles. The van der Waals surface area contributed by atoms with Crippen molar-refractivity contribution in [2.45, 2.75) is 25.9 Å². The molecule has 0 radical (unpaired) electrons. The molecule has 2 heterocycles. The van der Waals surface area contributed by atoms with Crippen LogP contribution in [0.4, 0.5) is 0 Å². The molecule has 0 atom stereocenters. The summed E-state index contributed by atoms with van der Waals surface area (Å²) in [6.45, 7) is 0.182. The number of hydrogen-bond acceptors (Lipinski definition) is 6. The van der Waals surface area contributed by atoms with E-state index in [1.807, 2.05) is 30.3 Å². The first kappa shape index (κ1) is 17.1. The Morgan fingerprint density at radius 3 is 2.76 bits per heavy atom. The minimum atomic E-state index is -0.280. The van der Waals surface area contributed by atoms with Gasteiger partial charge in [-0.2, -0.15) is 4.98 Å². The van der Waals surface area contributed by atoms with E-state index in [1.165, 1.54) is 0 Å². The number of carbonyl (C=O) groups excluding carboxylic acids is 1. The van der Waals surface area contributed by atoms with Crippen LogP contribution in [-0.2, 0) is 22.6 Å². The highest BCUT2D eigenvalue weighted by atomic mass is 35.5. The first-order valence-electron chi connectivity index (χ1n) is 7.85. The number of benzene rings is 1. The first-order valence-corrected chi connectivity index (χ1v) is 8.22. The summed E-state index contributed by atoms with van der Waals surface area (Å²) >= 11 is 5.70. The van der Waals surface area contributed by atoms with E-state index < -0.39 is 0 Å². The van der Waals surface area contributed by atoms with Gasteiger partial charge >= 0.3 is 5.97 Å². The summed E-state index contributed by atoms with van der Waals surface area (Å²) in [6.07, 6.45) is 2.97. The highest BCUT2D eigenvalue weighted by molar-refractivity contribution is 6.29. The number of esters is 1. The van der Waals surface area contributed by atoms with Crippen LogP contribution in [0.1, 0.15) is 24.3 Å². The van der Waals surface area contributed by atoms with Crippen LogP contribution >= 0.6 is 11.6 Å². The molecule has 0 aliphatic carbocycles. The van der Waals surface area contributed by atoms with Crippen LogP contribution < -0.4 is 0 Å². The molecule has 25 heavy (non-hydrogen) atoms. The van der Waals surface area contributed by atoms with E-state index >= 15 is 0 Å². The number of aromatic nitrogens is 3. The van der Waals surface area contributed by atoms with Gasteiger partial charge in [-0.15, -0.1) is 0 Å². The quantitative estimate of drug-likeness (QED) is 0.472. The van der Waals surface area contributed by atoms with Crippen molar-refractivity contribution in [3.05, 3.63) is 65.3 Å². The van der Waals surface area contributed by atoms with Gasteiger partial charge in [-0.3, -0.25) is 4.79 Å². The molecule has 0 aliphatic heterocycles. The molecule has 3 aromatic rings. The van der Waals surface area contributed by atoms with Crippen LogP contribution in [0.5, 0.6) is 0 Å². The van der Waals surface area contributed by atoms with Crippen molar-refractivity contribution < 1.29 is 14.1 Å². The summed E-state index contributed by atoms with van der Waals surface area (Å²) in [5, 5.41) is 4.35. The maximum atomic E-state index is 11.8. The van der Waals surface area contributed by atoms with Gasteiger partial charge in [0.05, 0.1) is 0 Å². The maximum Gasteiger partial charge on any atom is 0.306 e. The van der Waals surface area contributed by atoms with Crippen LogP contribution in [0.2, 0.25) is 5.15 Å². The largest absolute Gasteiger partial charge is 0.461 e. The van der Waals surface area contributed by atoms with E-state index in [0.29, 0.717) is 29.7 Å². The van der Waals surface area contributed by atoms with Crippen molar-refractivity contribution in [2.24, 2.45) is 0 Å². The topological polar surface area (TPSA) is 78.1 Å². The van der Waals surface area contributed by atoms with E-state index in [-0.39, 0.29) is 19.0 Å². The lowest BCUT2D eigenvalue weighted by molar-refractivity contribution is -0.145. The Morgan fingerprint density at radius 2 is 2.00 bits per heavy atom. The van der Waals surface area contributed by atoms with E-state index in [0.717, 1.165) is 11.1 Å². The molecular formula is C18H16ClN3O3. The Hall–Kier alpha value is -2.73. The number of hydrogen-bond donors (Lipinski definition) is 0. The van der Waals surface area contributed by atoms with E-state index in [9.17, 15) is 4.79 Å². The van der Waals surface area contributed by atoms with Gasteiger partial charge in [0.15, 0.2) is 0 Å². The fraction of sp³-hybridized carbons (Fsp3) is 0.222. The third-order valence-electron chi connectivity index (χ3n) is 3.46. The van der Waals surface area contributed by atoms with Gasteiger partial charge in [0.1, 0.15) is 11.8 Å². The Bertz CT molecular complexity index is 819. The fourth-order valence-electron chi connectivity index (χ4n) is 2.17. The molecule has 0 amide bonds. The highest BCUT2D eigenvalue weighted by Crippen LogP contribution is 2.15. The predicted octanol–water partition coefficient (Wildman–Crippen LogP) is 3.85. The summed E-state index contributed by atoms with van der Waals surface area (Å²) in [5.74, 6) is 0.778. The molecule has 0 saturated heterocycles. The molecule has 0 N–H and O–H groups in total. The third kappa shape index (κ3) is 5.12. The molecule has 7 heteroatoms. The van der Waals surface area contributed by atoms with Gasteiger partial charge in [-0.05, 0) is 12.5 Å². The van der Waals surface area contributed by atoms with Gasteiger partial charge in [-0.25, -0.2) is 4.98 Å². The predicted molar refractivity (Wildman–Crippen MR) is 91.7 cm³/mol. The third-order valence-corrected chi connectivity index (χ3v) is 3.68. The van der Waals surface area contributed by atoms with Crippen LogP contribution in [0.3, 0.4) is 0 Å². The summed E-state index contributed by atoms with van der Waals surface area (Å²) in [4.78, 5) is 20.0. The van der Waals surface area contributed by atoms with Gasteiger partial charge in [0, 0.05) is 30.2 Å². The van der Waals surface area contributed by atoms with Crippen molar-refractivity contribution in [2.75, 3.05) is 0 Å². The van der Waals surface area contributed by atoms with Gasteiger partial charge in [0.25, 0.3) is 0 Å². The second kappa shape index (κ2) is 8.39. The monoisotopic (exact) mass is 357 g/mol. The van der Waals surface area contributed by atoms with Gasteiger partial charge in [-0.1, -0.05) is 53.2 Å². The average molecular weight is 358 g/mol. The molecular weight excluding hydrogens is 342 g/mol. The summed E-state index contributed by atoms with van der Waals surface area (Å²) in [5.41, 5.74) is 1.69. The minimum Gasteiger partial charge on any atom is -0.461 e. The summed E-state index contributed by atoms with van der Waals surface area (Å²) in [7, 11) is 0.